The average Bonchev–Trinajstić information content (AvgIpc) is 2.41. The summed E-state index contributed by atoms with van der Waals surface area (Å²) < 4.78 is 14.1. The lowest BCUT2D eigenvalue weighted by molar-refractivity contribution is -0.126. The number of hydrogen-bond acceptors (Lipinski definition) is 3. The molecule has 20 heavy (non-hydrogen) atoms. The van der Waals surface area contributed by atoms with Gasteiger partial charge in [-0.15, -0.1) is 0 Å². The largest absolute Gasteiger partial charge is 0.396 e. The van der Waals surface area contributed by atoms with Crippen molar-refractivity contribution in [1.82, 2.24) is 5.32 Å². The maximum Gasteiger partial charge on any atom is 0.223 e. The molecule has 1 aliphatic carbocycles. The zero-order valence-corrected chi connectivity index (χ0v) is 12.6. The summed E-state index contributed by atoms with van der Waals surface area (Å²) >= 11 is 3.20. The second-order valence-electron chi connectivity index (χ2n) is 5.18. The van der Waals surface area contributed by atoms with E-state index in [1.54, 1.807) is 6.07 Å². The Balaban J connectivity index is 1.93. The molecule has 0 bridgehead atoms. The molecule has 0 heterocycles. The number of halogens is 2. The number of carbonyl (C=O) groups excluding carboxylic acids is 1. The normalized spacial score (nSPS) is 22.6. The predicted molar refractivity (Wildman–Crippen MR) is 78.3 cm³/mol. The van der Waals surface area contributed by atoms with Gasteiger partial charge in [-0.2, -0.15) is 0 Å². The zero-order valence-electron chi connectivity index (χ0n) is 11.0. The molecule has 1 aromatic carbocycles. The van der Waals surface area contributed by atoms with Gasteiger partial charge in [0.15, 0.2) is 0 Å². The summed E-state index contributed by atoms with van der Waals surface area (Å²) in [5, 5.41) is 12.2. The molecule has 2 rings (SSSR count). The number of rotatable bonds is 3. The van der Waals surface area contributed by atoms with Gasteiger partial charge in [-0.25, -0.2) is 4.39 Å². The van der Waals surface area contributed by atoms with Crippen LogP contribution < -0.4 is 11.1 Å². The fraction of sp³-hybridized carbons (Fsp3) is 0.500. The van der Waals surface area contributed by atoms with Crippen LogP contribution in [0.15, 0.2) is 16.6 Å². The fourth-order valence-electron chi connectivity index (χ4n) is 2.45. The summed E-state index contributed by atoms with van der Waals surface area (Å²) in [7, 11) is 0. The molecular formula is C14H18BrFN2O2. The lowest BCUT2D eigenvalue weighted by atomic mass is 9.87. The Kier molecular flexibility index (Phi) is 4.99. The van der Waals surface area contributed by atoms with Crippen LogP contribution in [0.3, 0.4) is 0 Å². The Labute approximate surface area is 125 Å². The summed E-state index contributed by atoms with van der Waals surface area (Å²) in [5.74, 6) is -0.627. The highest BCUT2D eigenvalue weighted by Gasteiger charge is 2.25. The Bertz CT molecular complexity index is 502. The van der Waals surface area contributed by atoms with E-state index in [-0.39, 0.29) is 30.2 Å². The summed E-state index contributed by atoms with van der Waals surface area (Å²) in [5.41, 5.74) is 6.27. The maximum atomic E-state index is 13.5. The van der Waals surface area contributed by atoms with Crippen LogP contribution in [0.25, 0.3) is 0 Å². The maximum absolute atomic E-state index is 13.5. The van der Waals surface area contributed by atoms with Crippen LogP contribution in [0.1, 0.15) is 31.2 Å². The van der Waals surface area contributed by atoms with Gasteiger partial charge in [0.1, 0.15) is 5.82 Å². The van der Waals surface area contributed by atoms with Gasteiger partial charge in [0, 0.05) is 16.9 Å². The number of nitrogens with one attached hydrogen (secondary N) is 1. The van der Waals surface area contributed by atoms with E-state index in [9.17, 15) is 14.3 Å². The second kappa shape index (κ2) is 6.54. The molecule has 1 saturated carbocycles. The van der Waals surface area contributed by atoms with Crippen molar-refractivity contribution in [2.45, 2.75) is 38.3 Å². The fourth-order valence-corrected chi connectivity index (χ4v) is 2.93. The zero-order chi connectivity index (χ0) is 14.7. The van der Waals surface area contributed by atoms with E-state index < -0.39 is 5.82 Å². The van der Waals surface area contributed by atoms with E-state index in [2.05, 4.69) is 21.2 Å². The average molecular weight is 345 g/mol. The molecule has 4 N–H and O–H groups in total. The van der Waals surface area contributed by atoms with Crippen LogP contribution in [-0.2, 0) is 11.3 Å². The Morgan fingerprint density at radius 1 is 1.40 bits per heavy atom. The highest BCUT2D eigenvalue weighted by Crippen LogP contribution is 2.25. The Hall–Kier alpha value is -1.14. The summed E-state index contributed by atoms with van der Waals surface area (Å²) in [6, 6.07) is 2.99. The molecule has 0 aromatic heterocycles. The first-order valence-corrected chi connectivity index (χ1v) is 7.46. The van der Waals surface area contributed by atoms with E-state index in [4.69, 9.17) is 5.73 Å². The number of aliphatic hydroxyl groups excluding tert-OH is 1. The number of amides is 1. The van der Waals surface area contributed by atoms with Gasteiger partial charge in [-0.3, -0.25) is 4.79 Å². The lowest BCUT2D eigenvalue weighted by Crippen LogP contribution is -2.34. The highest BCUT2D eigenvalue weighted by molar-refractivity contribution is 9.10. The van der Waals surface area contributed by atoms with Crippen LogP contribution >= 0.6 is 15.9 Å². The first-order chi connectivity index (χ1) is 9.47. The Morgan fingerprint density at radius 3 is 2.70 bits per heavy atom. The molecule has 1 aliphatic rings. The number of anilines is 1. The van der Waals surface area contributed by atoms with Crippen molar-refractivity contribution in [3.63, 3.8) is 0 Å². The standard InChI is InChI=1S/C14H18BrFN2O2/c15-10-5-9(13(17)12(16)6-10)7-18-14(20)8-1-3-11(19)4-2-8/h5-6,8,11,19H,1-4,7,17H2,(H,18,20). The Morgan fingerprint density at radius 2 is 2.05 bits per heavy atom. The van der Waals surface area contributed by atoms with Crippen molar-refractivity contribution in [2.24, 2.45) is 5.92 Å². The SMILES string of the molecule is Nc1c(F)cc(Br)cc1CNC(=O)C1CCC(O)CC1. The minimum absolute atomic E-state index is 0.0586. The molecule has 0 aliphatic heterocycles. The molecule has 0 spiro atoms. The quantitative estimate of drug-likeness (QED) is 0.736. The molecule has 1 fully saturated rings. The van der Waals surface area contributed by atoms with E-state index in [1.807, 2.05) is 0 Å². The number of nitrogens with two attached hydrogens (primary N) is 1. The molecule has 0 radical (unpaired) electrons. The molecule has 1 aromatic rings. The number of aliphatic hydroxyl groups is 1. The van der Waals surface area contributed by atoms with Crippen LogP contribution in [-0.4, -0.2) is 17.1 Å². The van der Waals surface area contributed by atoms with Crippen molar-refractivity contribution in [1.29, 1.82) is 0 Å². The number of carbonyl (C=O) groups is 1. The van der Waals surface area contributed by atoms with Gasteiger partial charge in [-0.1, -0.05) is 15.9 Å². The number of hydrogen-bond donors (Lipinski definition) is 3. The molecule has 0 saturated heterocycles. The van der Waals surface area contributed by atoms with Gasteiger partial charge in [0.2, 0.25) is 5.91 Å². The minimum atomic E-state index is -0.496. The molecule has 0 unspecified atom stereocenters. The third-order valence-corrected chi connectivity index (χ3v) is 4.16. The van der Waals surface area contributed by atoms with Crippen molar-refractivity contribution in [2.75, 3.05) is 5.73 Å². The van der Waals surface area contributed by atoms with E-state index in [0.29, 0.717) is 35.7 Å². The van der Waals surface area contributed by atoms with Crippen LogP contribution in [0.4, 0.5) is 10.1 Å². The minimum Gasteiger partial charge on any atom is -0.396 e. The van der Waals surface area contributed by atoms with Crippen molar-refractivity contribution >= 4 is 27.5 Å². The first kappa shape index (κ1) is 15.3. The summed E-state index contributed by atoms with van der Waals surface area (Å²) in [6.45, 7) is 0.208. The third kappa shape index (κ3) is 3.70. The van der Waals surface area contributed by atoms with Gasteiger partial charge < -0.3 is 16.2 Å². The van der Waals surface area contributed by atoms with E-state index >= 15 is 0 Å². The van der Waals surface area contributed by atoms with Gasteiger partial charge in [-0.05, 0) is 43.4 Å². The topological polar surface area (TPSA) is 75.3 Å². The summed E-state index contributed by atoms with van der Waals surface area (Å²) in [4.78, 5) is 12.0. The van der Waals surface area contributed by atoms with Crippen molar-refractivity contribution in [3.8, 4) is 0 Å². The molecule has 0 atom stereocenters. The second-order valence-corrected chi connectivity index (χ2v) is 6.10. The monoisotopic (exact) mass is 344 g/mol. The third-order valence-electron chi connectivity index (χ3n) is 3.70. The van der Waals surface area contributed by atoms with Crippen LogP contribution in [0.5, 0.6) is 0 Å². The number of benzene rings is 1. The van der Waals surface area contributed by atoms with E-state index in [0.717, 1.165) is 0 Å². The highest BCUT2D eigenvalue weighted by atomic mass is 79.9. The first-order valence-electron chi connectivity index (χ1n) is 6.66. The van der Waals surface area contributed by atoms with Gasteiger partial charge >= 0.3 is 0 Å². The van der Waals surface area contributed by atoms with Crippen molar-refractivity contribution in [3.05, 3.63) is 28.0 Å². The van der Waals surface area contributed by atoms with Crippen molar-refractivity contribution < 1.29 is 14.3 Å². The molecule has 110 valence electrons. The number of nitrogen functional groups attached to an aromatic ring is 1. The van der Waals surface area contributed by atoms with Gasteiger partial charge in [0.05, 0.1) is 11.8 Å². The predicted octanol–water partition coefficient (Wildman–Crippen LogP) is 2.34. The molecule has 4 nitrogen and oxygen atoms in total. The molecule has 1 amide bonds. The molecular weight excluding hydrogens is 327 g/mol. The smallest absolute Gasteiger partial charge is 0.223 e. The van der Waals surface area contributed by atoms with Crippen LogP contribution in [0, 0.1) is 11.7 Å². The van der Waals surface area contributed by atoms with Crippen LogP contribution in [0.2, 0.25) is 0 Å². The van der Waals surface area contributed by atoms with E-state index in [1.165, 1.54) is 6.07 Å². The molecule has 6 heteroatoms. The summed E-state index contributed by atoms with van der Waals surface area (Å²) in [6.07, 6.45) is 2.41. The van der Waals surface area contributed by atoms with Gasteiger partial charge in [0.25, 0.3) is 0 Å². The lowest BCUT2D eigenvalue weighted by Gasteiger charge is -2.24.